The summed E-state index contributed by atoms with van der Waals surface area (Å²) in [5.74, 6) is 0. The lowest BCUT2D eigenvalue weighted by molar-refractivity contribution is -0.355. The maximum absolute atomic E-state index is 9.94. The molecular formula is C12H22O11. The van der Waals surface area contributed by atoms with E-state index in [0.29, 0.717) is 0 Å². The fourth-order valence-electron chi connectivity index (χ4n) is 2.57. The van der Waals surface area contributed by atoms with Gasteiger partial charge in [-0.2, -0.15) is 0 Å². The molecule has 2 rings (SSSR count). The van der Waals surface area contributed by atoms with Crippen molar-refractivity contribution >= 4 is 0 Å². The largest absolute Gasteiger partial charge is 0.394 e. The van der Waals surface area contributed by atoms with E-state index in [1.54, 1.807) is 0 Å². The van der Waals surface area contributed by atoms with E-state index < -0.39 is 74.6 Å². The van der Waals surface area contributed by atoms with Crippen molar-refractivity contribution in [2.45, 2.75) is 61.4 Å². The van der Waals surface area contributed by atoms with Crippen molar-refractivity contribution in [2.75, 3.05) is 13.2 Å². The van der Waals surface area contributed by atoms with Crippen LogP contribution in [0.15, 0.2) is 0 Å². The Balaban J connectivity index is 2.11. The molecule has 0 spiro atoms. The molecule has 23 heavy (non-hydrogen) atoms. The highest BCUT2D eigenvalue weighted by Crippen LogP contribution is 2.28. The van der Waals surface area contributed by atoms with Crippen molar-refractivity contribution in [1.29, 1.82) is 0 Å². The Bertz CT molecular complexity index is 378. The van der Waals surface area contributed by atoms with Crippen LogP contribution in [0.1, 0.15) is 0 Å². The molecule has 2 aliphatic heterocycles. The van der Waals surface area contributed by atoms with E-state index in [9.17, 15) is 35.7 Å². The Hall–Kier alpha value is -0.440. The standard InChI is InChI=1S/C12H22O11/c13-1-3-5(15)6(16)9(19)12(22-3)23-10-4(2-14)21-11(20)8(18)7(10)17/h3-20H,1-2H2/t3-,4-,5+,6+,7-,8-,9-,10-,11?,12+/m1/s1/i1+1,3+1,5+1,6+1,9+1,12+1. The van der Waals surface area contributed by atoms with Crippen LogP contribution in [0.4, 0.5) is 0 Å². The molecule has 0 aliphatic carbocycles. The Morgan fingerprint density at radius 2 is 1.26 bits per heavy atom. The number of hydrogen-bond donors (Lipinski definition) is 8. The fraction of sp³-hybridized carbons (Fsp3) is 1.00. The van der Waals surface area contributed by atoms with Gasteiger partial charge < -0.3 is 55.1 Å². The van der Waals surface area contributed by atoms with Crippen LogP contribution < -0.4 is 0 Å². The van der Waals surface area contributed by atoms with Gasteiger partial charge in [-0.3, -0.25) is 0 Å². The first-order valence-electron chi connectivity index (χ1n) is 7.08. The summed E-state index contributed by atoms with van der Waals surface area (Å²) in [5.41, 5.74) is 0. The summed E-state index contributed by atoms with van der Waals surface area (Å²) in [6.07, 6.45) is -15.6. The van der Waals surface area contributed by atoms with Crippen molar-refractivity contribution in [3.05, 3.63) is 0 Å². The van der Waals surface area contributed by atoms with Crippen molar-refractivity contribution < 1.29 is 55.1 Å². The molecule has 2 heterocycles. The van der Waals surface area contributed by atoms with Crippen LogP contribution in [0.2, 0.25) is 0 Å². The van der Waals surface area contributed by atoms with Crippen molar-refractivity contribution in [2.24, 2.45) is 0 Å². The molecule has 0 amide bonds. The Kier molecular flexibility index (Phi) is 6.27. The third-order valence-corrected chi connectivity index (χ3v) is 3.98. The Morgan fingerprint density at radius 3 is 1.83 bits per heavy atom. The predicted molar refractivity (Wildman–Crippen MR) is 68.6 cm³/mol. The molecule has 0 aromatic carbocycles. The van der Waals surface area contributed by atoms with Gasteiger partial charge >= 0.3 is 0 Å². The van der Waals surface area contributed by atoms with E-state index >= 15 is 0 Å². The summed E-state index contributed by atoms with van der Waals surface area (Å²) in [5, 5.41) is 76.5. The molecule has 0 radical (unpaired) electrons. The van der Waals surface area contributed by atoms with Crippen LogP contribution in [-0.2, 0) is 14.2 Å². The van der Waals surface area contributed by atoms with Gasteiger partial charge in [-0.15, -0.1) is 0 Å². The molecule has 10 atom stereocenters. The molecule has 0 saturated carbocycles. The molecule has 2 fully saturated rings. The first-order chi connectivity index (χ1) is 10.8. The van der Waals surface area contributed by atoms with Gasteiger partial charge in [0.25, 0.3) is 0 Å². The molecule has 0 aromatic heterocycles. The van der Waals surface area contributed by atoms with Gasteiger partial charge in [0.15, 0.2) is 12.6 Å². The monoisotopic (exact) mass is 348 g/mol. The topological polar surface area (TPSA) is 190 Å². The zero-order valence-corrected chi connectivity index (χ0v) is 12.0. The minimum atomic E-state index is -1.74. The maximum Gasteiger partial charge on any atom is 0.187 e. The van der Waals surface area contributed by atoms with E-state index in [2.05, 4.69) is 0 Å². The summed E-state index contributed by atoms with van der Waals surface area (Å²) in [6, 6.07) is 0. The Labute approximate surface area is 130 Å². The van der Waals surface area contributed by atoms with Crippen LogP contribution in [0, 0.1) is 0 Å². The highest BCUT2D eigenvalue weighted by molar-refractivity contribution is 4.93. The minimum absolute atomic E-state index is 0.667. The highest BCUT2D eigenvalue weighted by Gasteiger charge is 2.50. The molecule has 8 N–H and O–H groups in total. The summed E-state index contributed by atoms with van der Waals surface area (Å²) < 4.78 is 15.3. The molecule has 0 bridgehead atoms. The second-order valence-electron chi connectivity index (χ2n) is 5.53. The van der Waals surface area contributed by atoms with Gasteiger partial charge in [-0.1, -0.05) is 0 Å². The van der Waals surface area contributed by atoms with Gasteiger partial charge in [0.2, 0.25) is 0 Å². The lowest BCUT2D eigenvalue weighted by atomic mass is 9.99. The van der Waals surface area contributed by atoms with E-state index in [4.69, 9.17) is 19.3 Å². The fourth-order valence-corrected chi connectivity index (χ4v) is 2.57. The number of aliphatic hydroxyl groups excluding tert-OH is 8. The van der Waals surface area contributed by atoms with Crippen LogP contribution >= 0.6 is 0 Å². The summed E-state index contributed by atoms with van der Waals surface area (Å²) in [6.45, 7) is -1.35. The quantitative estimate of drug-likeness (QED) is 0.226. The van der Waals surface area contributed by atoms with Crippen LogP contribution in [0.25, 0.3) is 0 Å². The van der Waals surface area contributed by atoms with E-state index in [1.807, 2.05) is 0 Å². The van der Waals surface area contributed by atoms with Crippen molar-refractivity contribution in [3.63, 3.8) is 0 Å². The van der Waals surface area contributed by atoms with E-state index in [1.165, 1.54) is 0 Å². The minimum Gasteiger partial charge on any atom is -0.394 e. The van der Waals surface area contributed by atoms with Gasteiger partial charge in [-0.05, 0) is 0 Å². The van der Waals surface area contributed by atoms with Gasteiger partial charge in [0.1, 0.15) is 48.8 Å². The van der Waals surface area contributed by atoms with E-state index in [0.717, 1.165) is 0 Å². The van der Waals surface area contributed by atoms with Crippen LogP contribution in [0.3, 0.4) is 0 Å². The highest BCUT2D eigenvalue weighted by atomic mass is 16.9. The second-order valence-corrected chi connectivity index (χ2v) is 5.53. The normalized spacial score (nSPS) is 51.7. The molecule has 136 valence electrons. The van der Waals surface area contributed by atoms with E-state index in [-0.39, 0.29) is 0 Å². The second kappa shape index (κ2) is 7.63. The number of ether oxygens (including phenoxy) is 3. The van der Waals surface area contributed by atoms with Crippen LogP contribution in [-0.4, -0.2) is 115 Å². The smallest absolute Gasteiger partial charge is 0.187 e. The first-order valence-corrected chi connectivity index (χ1v) is 7.08. The average Bonchev–Trinajstić information content (AvgIpc) is 2.55. The lowest BCUT2D eigenvalue weighted by Crippen LogP contribution is -2.64. The van der Waals surface area contributed by atoms with Gasteiger partial charge in [0, 0.05) is 0 Å². The number of rotatable bonds is 4. The SMILES string of the molecule is OC[C@H]1OC(O)[C@H](O)[C@@H](O)[C@@H]1O[13C@@H]1O[13C@H]([13CH2]O)[13C@H](O)[13C@H](O)[13C@H]1O. The summed E-state index contributed by atoms with van der Waals surface area (Å²) in [7, 11) is 0. The average molecular weight is 348 g/mol. The molecule has 2 saturated heterocycles. The first kappa shape index (κ1) is 18.9. The zero-order valence-electron chi connectivity index (χ0n) is 12.0. The summed E-state index contributed by atoms with van der Waals surface area (Å²) in [4.78, 5) is 0. The van der Waals surface area contributed by atoms with Gasteiger partial charge in [0.05, 0.1) is 13.2 Å². The maximum atomic E-state index is 9.94. The molecule has 11 nitrogen and oxygen atoms in total. The third kappa shape index (κ3) is 3.65. The molecular weight excluding hydrogens is 326 g/mol. The summed E-state index contributed by atoms with van der Waals surface area (Å²) >= 11 is 0. The Morgan fingerprint density at radius 1 is 0.652 bits per heavy atom. The number of hydrogen-bond acceptors (Lipinski definition) is 11. The number of aliphatic hydroxyl groups is 8. The predicted octanol–water partition coefficient (Wildman–Crippen LogP) is -5.40. The molecule has 1 unspecified atom stereocenters. The van der Waals surface area contributed by atoms with Gasteiger partial charge in [-0.25, -0.2) is 0 Å². The lowest BCUT2D eigenvalue weighted by Gasteiger charge is -2.45. The molecule has 11 heteroatoms. The molecule has 2 aliphatic rings. The van der Waals surface area contributed by atoms with Crippen LogP contribution in [0.5, 0.6) is 0 Å². The van der Waals surface area contributed by atoms with Crippen molar-refractivity contribution in [3.8, 4) is 0 Å². The zero-order chi connectivity index (χ0) is 17.3. The molecule has 0 aromatic rings. The van der Waals surface area contributed by atoms with Crippen molar-refractivity contribution in [1.82, 2.24) is 0 Å². The third-order valence-electron chi connectivity index (χ3n) is 3.98.